The van der Waals surface area contributed by atoms with Crippen LogP contribution in [0, 0.1) is 0 Å². The highest BCUT2D eigenvalue weighted by atomic mass is 79.9. The molecule has 1 aromatic carbocycles. The van der Waals surface area contributed by atoms with Crippen LogP contribution in [0.3, 0.4) is 0 Å². The van der Waals surface area contributed by atoms with Crippen LogP contribution in [0.15, 0.2) is 39.4 Å². The van der Waals surface area contributed by atoms with E-state index in [0.29, 0.717) is 26.0 Å². The minimum atomic E-state index is -0.465. The molecule has 1 unspecified atom stereocenters. The SMILES string of the molecule is NC(c1ccc(Br)o1)c1c(Cl)cccc1Cl. The van der Waals surface area contributed by atoms with E-state index in [-0.39, 0.29) is 0 Å². The lowest BCUT2D eigenvalue weighted by molar-refractivity contribution is 0.470. The van der Waals surface area contributed by atoms with E-state index in [4.69, 9.17) is 33.4 Å². The normalized spacial score (nSPS) is 12.8. The summed E-state index contributed by atoms with van der Waals surface area (Å²) in [6.45, 7) is 0. The Bertz CT molecular complexity index is 492. The summed E-state index contributed by atoms with van der Waals surface area (Å²) in [5.41, 5.74) is 6.72. The summed E-state index contributed by atoms with van der Waals surface area (Å²) in [6.07, 6.45) is 0. The molecule has 0 amide bonds. The maximum atomic E-state index is 6.06. The third-order valence-electron chi connectivity index (χ3n) is 2.21. The first-order chi connectivity index (χ1) is 7.59. The zero-order valence-corrected chi connectivity index (χ0v) is 11.2. The van der Waals surface area contributed by atoms with E-state index >= 15 is 0 Å². The van der Waals surface area contributed by atoms with Crippen LogP contribution in [0.5, 0.6) is 0 Å². The molecule has 5 heteroatoms. The van der Waals surface area contributed by atoms with Crippen molar-refractivity contribution in [3.05, 3.63) is 56.4 Å². The Kier molecular flexibility index (Phi) is 3.60. The van der Waals surface area contributed by atoms with Gasteiger partial charge in [0.2, 0.25) is 0 Å². The minimum Gasteiger partial charge on any atom is -0.452 e. The summed E-state index contributed by atoms with van der Waals surface area (Å²) in [5.74, 6) is 0.613. The van der Waals surface area contributed by atoms with Crippen LogP contribution in [0.4, 0.5) is 0 Å². The summed E-state index contributed by atoms with van der Waals surface area (Å²) in [6, 6.07) is 8.38. The van der Waals surface area contributed by atoms with Crippen LogP contribution in [-0.2, 0) is 0 Å². The third kappa shape index (κ3) is 2.28. The number of hydrogen-bond donors (Lipinski definition) is 1. The average molecular weight is 321 g/mol. The molecule has 0 spiro atoms. The van der Waals surface area contributed by atoms with Gasteiger partial charge < -0.3 is 10.2 Å². The van der Waals surface area contributed by atoms with Gasteiger partial charge in [0.25, 0.3) is 0 Å². The fraction of sp³-hybridized carbons (Fsp3) is 0.0909. The van der Waals surface area contributed by atoms with Gasteiger partial charge in [0.1, 0.15) is 5.76 Å². The standard InChI is InChI=1S/C11H8BrCl2NO/c12-9-5-4-8(16-9)11(15)10-6(13)2-1-3-7(10)14/h1-5,11H,15H2. The Morgan fingerprint density at radius 3 is 2.25 bits per heavy atom. The van der Waals surface area contributed by atoms with Gasteiger partial charge in [-0.3, -0.25) is 0 Å². The number of halogens is 3. The van der Waals surface area contributed by atoms with E-state index in [1.807, 2.05) is 0 Å². The number of benzene rings is 1. The van der Waals surface area contributed by atoms with Crippen LogP contribution in [0.2, 0.25) is 10.0 Å². The predicted octanol–water partition coefficient (Wildman–Crippen LogP) is 4.40. The maximum absolute atomic E-state index is 6.06. The van der Waals surface area contributed by atoms with E-state index in [1.165, 1.54) is 0 Å². The third-order valence-corrected chi connectivity index (χ3v) is 3.30. The molecule has 0 bridgehead atoms. The van der Waals surface area contributed by atoms with Crippen molar-refractivity contribution in [3.8, 4) is 0 Å². The van der Waals surface area contributed by atoms with Crippen LogP contribution in [0.1, 0.15) is 17.4 Å². The van der Waals surface area contributed by atoms with Crippen molar-refractivity contribution in [1.29, 1.82) is 0 Å². The second-order valence-corrected chi connectivity index (χ2v) is 4.85. The largest absolute Gasteiger partial charge is 0.452 e. The molecule has 0 aliphatic rings. The molecule has 0 aliphatic heterocycles. The molecule has 0 aliphatic carbocycles. The fourth-order valence-corrected chi connectivity index (χ4v) is 2.40. The van der Waals surface area contributed by atoms with E-state index in [9.17, 15) is 0 Å². The number of hydrogen-bond acceptors (Lipinski definition) is 2. The molecule has 84 valence electrons. The van der Waals surface area contributed by atoms with Crippen LogP contribution >= 0.6 is 39.1 Å². The van der Waals surface area contributed by atoms with Gasteiger partial charge in [-0.25, -0.2) is 0 Å². The van der Waals surface area contributed by atoms with Crippen LogP contribution in [0.25, 0.3) is 0 Å². The van der Waals surface area contributed by atoms with Crippen molar-refractivity contribution >= 4 is 39.1 Å². The lowest BCUT2D eigenvalue weighted by Crippen LogP contribution is -2.12. The molecule has 1 atom stereocenters. The summed E-state index contributed by atoms with van der Waals surface area (Å²) in [4.78, 5) is 0. The first-order valence-electron chi connectivity index (χ1n) is 4.54. The summed E-state index contributed by atoms with van der Waals surface area (Å²) in [5, 5.41) is 1.07. The van der Waals surface area contributed by atoms with Crippen molar-refractivity contribution in [2.24, 2.45) is 5.73 Å². The van der Waals surface area contributed by atoms with Gasteiger partial charge >= 0.3 is 0 Å². The van der Waals surface area contributed by atoms with E-state index in [0.717, 1.165) is 0 Å². The first-order valence-corrected chi connectivity index (χ1v) is 6.09. The number of rotatable bonds is 2. The molecule has 1 aromatic heterocycles. The molecular weight excluding hydrogens is 313 g/mol. The summed E-state index contributed by atoms with van der Waals surface area (Å²) < 4.78 is 6.01. The summed E-state index contributed by atoms with van der Waals surface area (Å²) in [7, 11) is 0. The van der Waals surface area contributed by atoms with E-state index in [1.54, 1.807) is 30.3 Å². The Balaban J connectivity index is 2.45. The highest BCUT2D eigenvalue weighted by molar-refractivity contribution is 9.10. The smallest absolute Gasteiger partial charge is 0.169 e. The van der Waals surface area contributed by atoms with Crippen molar-refractivity contribution in [1.82, 2.24) is 0 Å². The second kappa shape index (κ2) is 4.80. The average Bonchev–Trinajstić information content (AvgIpc) is 2.64. The highest BCUT2D eigenvalue weighted by Crippen LogP contribution is 2.33. The van der Waals surface area contributed by atoms with Crippen molar-refractivity contribution in [3.63, 3.8) is 0 Å². The molecule has 1 heterocycles. The van der Waals surface area contributed by atoms with E-state index < -0.39 is 6.04 Å². The Hall–Kier alpha value is -0.480. The quantitative estimate of drug-likeness (QED) is 0.891. The van der Waals surface area contributed by atoms with Gasteiger partial charge in [-0.05, 0) is 40.2 Å². The monoisotopic (exact) mass is 319 g/mol. The van der Waals surface area contributed by atoms with Gasteiger partial charge in [-0.15, -0.1) is 0 Å². The molecule has 0 saturated heterocycles. The number of furan rings is 1. The molecule has 2 aromatic rings. The van der Waals surface area contributed by atoms with Gasteiger partial charge in [-0.1, -0.05) is 29.3 Å². The van der Waals surface area contributed by atoms with Crippen molar-refractivity contribution in [2.45, 2.75) is 6.04 Å². The number of nitrogens with two attached hydrogens (primary N) is 1. The molecular formula is C11H8BrCl2NO. The predicted molar refractivity (Wildman–Crippen MR) is 68.9 cm³/mol. The minimum absolute atomic E-state index is 0.465. The Morgan fingerprint density at radius 2 is 1.75 bits per heavy atom. The molecule has 2 rings (SSSR count). The van der Waals surface area contributed by atoms with Crippen LogP contribution in [-0.4, -0.2) is 0 Å². The Labute approximate surface area is 111 Å². The van der Waals surface area contributed by atoms with Crippen LogP contribution < -0.4 is 5.73 Å². The second-order valence-electron chi connectivity index (χ2n) is 3.25. The van der Waals surface area contributed by atoms with Gasteiger partial charge in [0, 0.05) is 15.6 Å². The topological polar surface area (TPSA) is 39.2 Å². The summed E-state index contributed by atoms with van der Waals surface area (Å²) >= 11 is 15.3. The molecule has 2 N–H and O–H groups in total. The van der Waals surface area contributed by atoms with Gasteiger partial charge in [0.15, 0.2) is 4.67 Å². The lowest BCUT2D eigenvalue weighted by Gasteiger charge is -2.12. The van der Waals surface area contributed by atoms with Crippen molar-refractivity contribution < 1.29 is 4.42 Å². The zero-order valence-electron chi connectivity index (χ0n) is 8.08. The Morgan fingerprint density at radius 1 is 1.12 bits per heavy atom. The molecule has 0 saturated carbocycles. The maximum Gasteiger partial charge on any atom is 0.169 e. The van der Waals surface area contributed by atoms with E-state index in [2.05, 4.69) is 15.9 Å². The highest BCUT2D eigenvalue weighted by Gasteiger charge is 2.18. The fourth-order valence-electron chi connectivity index (χ4n) is 1.45. The van der Waals surface area contributed by atoms with Crippen molar-refractivity contribution in [2.75, 3.05) is 0 Å². The molecule has 0 fully saturated rings. The lowest BCUT2D eigenvalue weighted by atomic mass is 10.1. The first kappa shape index (κ1) is 12.0. The van der Waals surface area contributed by atoms with Gasteiger partial charge in [0.05, 0.1) is 6.04 Å². The molecule has 16 heavy (non-hydrogen) atoms. The zero-order chi connectivity index (χ0) is 11.7. The molecule has 0 radical (unpaired) electrons. The van der Waals surface area contributed by atoms with Gasteiger partial charge in [-0.2, -0.15) is 0 Å². The molecule has 2 nitrogen and oxygen atoms in total.